The average Bonchev–Trinajstić information content (AvgIpc) is 2.59. The average molecular weight is 384 g/mol. The predicted octanol–water partition coefficient (Wildman–Crippen LogP) is 4.20. The van der Waals surface area contributed by atoms with E-state index < -0.39 is 9.04 Å². The van der Waals surface area contributed by atoms with Crippen LogP contribution in [-0.4, -0.2) is 44.0 Å². The summed E-state index contributed by atoms with van der Waals surface area (Å²) in [6, 6.07) is 2.42. The van der Waals surface area contributed by atoms with Gasteiger partial charge in [-0.15, -0.1) is 10.2 Å². The lowest BCUT2D eigenvalue weighted by molar-refractivity contribution is 0.132. The Morgan fingerprint density at radius 3 is 2.72 bits per heavy atom. The van der Waals surface area contributed by atoms with Gasteiger partial charge in [-0.1, -0.05) is 24.9 Å². The molecule has 0 spiro atoms. The maximum Gasteiger partial charge on any atom is 0.257 e. The van der Waals surface area contributed by atoms with Gasteiger partial charge in [-0.25, -0.2) is 0 Å². The molecule has 0 saturated heterocycles. The minimum atomic E-state index is -0.952. The molecule has 1 atom stereocenters. The molecule has 25 heavy (non-hydrogen) atoms. The number of nitrogens with zero attached hydrogens (tertiary/aromatic N) is 3. The zero-order chi connectivity index (χ0) is 17.8. The first-order chi connectivity index (χ1) is 12.1. The molecule has 140 valence electrons. The van der Waals surface area contributed by atoms with Crippen molar-refractivity contribution in [3.63, 3.8) is 0 Å². The summed E-state index contributed by atoms with van der Waals surface area (Å²) in [5.74, 6) is 0.643. The van der Waals surface area contributed by atoms with Crippen molar-refractivity contribution in [1.82, 2.24) is 10.2 Å². The second-order valence-corrected chi connectivity index (χ2v) is 10.3. The number of ether oxygens (including phenoxy) is 1. The quantitative estimate of drug-likeness (QED) is 0.689. The van der Waals surface area contributed by atoms with E-state index in [1.54, 1.807) is 0 Å². The van der Waals surface area contributed by atoms with E-state index >= 15 is 0 Å². The zero-order valence-electron chi connectivity index (χ0n) is 15.6. The van der Waals surface area contributed by atoms with Crippen molar-refractivity contribution >= 4 is 26.3 Å². The Morgan fingerprint density at radius 2 is 2.04 bits per heavy atom. The molecule has 1 fully saturated rings. The molecule has 0 radical (unpaired) electrons. The smallest absolute Gasteiger partial charge is 0.257 e. The Hall–Kier alpha value is -0.853. The van der Waals surface area contributed by atoms with E-state index in [0.717, 1.165) is 44.3 Å². The van der Waals surface area contributed by atoms with Crippen LogP contribution in [-0.2, 0) is 4.43 Å². The van der Waals surface area contributed by atoms with Crippen LogP contribution < -0.4 is 9.64 Å². The van der Waals surface area contributed by atoms with Gasteiger partial charge in [0.2, 0.25) is 0 Å². The minimum Gasteiger partial charge on any atom is -0.470 e. The van der Waals surface area contributed by atoms with E-state index in [-0.39, 0.29) is 6.10 Å². The maximum absolute atomic E-state index is 6.14. The van der Waals surface area contributed by atoms with Gasteiger partial charge in [0, 0.05) is 18.2 Å². The fourth-order valence-electron chi connectivity index (χ4n) is 3.96. The minimum absolute atomic E-state index is 0.194. The number of anilines is 1. The fourth-order valence-corrected chi connectivity index (χ4v) is 5.14. The summed E-state index contributed by atoms with van der Waals surface area (Å²) in [7, 11) is -0.952. The molecule has 2 aliphatic rings. The summed E-state index contributed by atoms with van der Waals surface area (Å²) in [6.07, 6.45) is 8.68. The molecule has 3 rings (SSSR count). The molecule has 0 amide bonds. The molecule has 1 aliphatic carbocycles. The van der Waals surface area contributed by atoms with Crippen molar-refractivity contribution in [2.75, 3.05) is 11.4 Å². The third kappa shape index (κ3) is 4.86. The molecule has 0 bridgehead atoms. The predicted molar refractivity (Wildman–Crippen MR) is 104 cm³/mol. The number of unbranched alkanes of at least 4 members (excludes halogenated alkanes) is 1. The largest absolute Gasteiger partial charge is 0.470 e. The number of rotatable bonds is 6. The van der Waals surface area contributed by atoms with E-state index in [9.17, 15) is 0 Å². The Bertz CT molecular complexity index is 567. The number of fused-ring (bicyclic) bond motifs is 1. The summed E-state index contributed by atoms with van der Waals surface area (Å²) in [6.45, 7) is 7.64. The van der Waals surface area contributed by atoms with Crippen LogP contribution in [0.4, 0.5) is 5.69 Å². The standard InChI is InChI=1S/C18H30ClN3O2Si/c1-4-5-6-15-12-22(16-11-17(19)20-21-18(16)23-15)13-7-9-14(10-8-13)24-25(2)3/h11,13-15,25H,4-10,12H2,1-3H3. The molecule has 0 aromatic carbocycles. The summed E-state index contributed by atoms with van der Waals surface area (Å²) in [5.41, 5.74) is 1.01. The lowest BCUT2D eigenvalue weighted by atomic mass is 9.91. The molecular weight excluding hydrogens is 354 g/mol. The van der Waals surface area contributed by atoms with Crippen molar-refractivity contribution in [3.05, 3.63) is 11.2 Å². The van der Waals surface area contributed by atoms with E-state index in [1.165, 1.54) is 12.8 Å². The monoisotopic (exact) mass is 383 g/mol. The Balaban J connectivity index is 1.72. The summed E-state index contributed by atoms with van der Waals surface area (Å²) < 4.78 is 12.2. The molecule has 1 aliphatic heterocycles. The van der Waals surface area contributed by atoms with Crippen LogP contribution in [0.15, 0.2) is 6.07 Å². The number of hydrogen-bond acceptors (Lipinski definition) is 5. The SMILES string of the molecule is CCCCC1CN(C2CCC(O[SiH](C)C)CC2)c2cc(Cl)nnc2O1. The van der Waals surface area contributed by atoms with Gasteiger partial charge in [-0.05, 0) is 51.6 Å². The van der Waals surface area contributed by atoms with Gasteiger partial charge in [0.15, 0.2) is 14.2 Å². The molecule has 0 N–H and O–H groups in total. The Labute approximate surface area is 157 Å². The highest BCUT2D eigenvalue weighted by molar-refractivity contribution is 6.48. The summed E-state index contributed by atoms with van der Waals surface area (Å²) in [5, 5.41) is 8.62. The highest BCUT2D eigenvalue weighted by Gasteiger charge is 2.34. The van der Waals surface area contributed by atoms with Gasteiger partial charge in [0.05, 0.1) is 6.54 Å². The number of aromatic nitrogens is 2. The summed E-state index contributed by atoms with van der Waals surface area (Å²) >= 11 is 6.11. The van der Waals surface area contributed by atoms with Crippen molar-refractivity contribution in [1.29, 1.82) is 0 Å². The lowest BCUT2D eigenvalue weighted by Gasteiger charge is -2.43. The zero-order valence-corrected chi connectivity index (χ0v) is 17.5. The second-order valence-electron chi connectivity index (χ2n) is 7.51. The first-order valence-corrected chi connectivity index (χ1v) is 12.8. The van der Waals surface area contributed by atoms with Crippen LogP contribution in [0, 0.1) is 0 Å². The van der Waals surface area contributed by atoms with Crippen LogP contribution in [0.1, 0.15) is 51.9 Å². The third-order valence-corrected chi connectivity index (χ3v) is 6.24. The summed E-state index contributed by atoms with van der Waals surface area (Å²) in [4.78, 5) is 2.47. The maximum atomic E-state index is 6.14. The molecule has 1 saturated carbocycles. The van der Waals surface area contributed by atoms with E-state index in [1.807, 2.05) is 6.07 Å². The lowest BCUT2D eigenvalue weighted by Crippen LogP contribution is -2.48. The highest BCUT2D eigenvalue weighted by Crippen LogP contribution is 2.38. The van der Waals surface area contributed by atoms with Crippen LogP contribution in [0.2, 0.25) is 18.2 Å². The molecule has 1 aromatic heterocycles. The van der Waals surface area contributed by atoms with Gasteiger partial charge >= 0.3 is 0 Å². The van der Waals surface area contributed by atoms with Gasteiger partial charge in [-0.2, -0.15) is 0 Å². The van der Waals surface area contributed by atoms with Gasteiger partial charge < -0.3 is 14.1 Å². The third-order valence-electron chi connectivity index (χ3n) is 5.13. The van der Waals surface area contributed by atoms with Crippen LogP contribution in [0.5, 0.6) is 5.88 Å². The molecule has 7 heteroatoms. The van der Waals surface area contributed by atoms with E-state index in [2.05, 4.69) is 35.1 Å². The van der Waals surface area contributed by atoms with Crippen molar-refractivity contribution in [2.45, 2.75) is 83.2 Å². The van der Waals surface area contributed by atoms with Crippen LogP contribution in [0.25, 0.3) is 0 Å². The van der Waals surface area contributed by atoms with Crippen LogP contribution >= 0.6 is 11.6 Å². The molecule has 2 heterocycles. The first-order valence-electron chi connectivity index (χ1n) is 9.68. The van der Waals surface area contributed by atoms with Gasteiger partial charge in [-0.3, -0.25) is 0 Å². The Kier molecular flexibility index (Phi) is 6.58. The van der Waals surface area contributed by atoms with Crippen LogP contribution in [0.3, 0.4) is 0 Å². The van der Waals surface area contributed by atoms with Crippen molar-refractivity contribution in [2.24, 2.45) is 0 Å². The van der Waals surface area contributed by atoms with Gasteiger partial charge in [0.25, 0.3) is 5.88 Å². The topological polar surface area (TPSA) is 47.5 Å². The molecule has 1 unspecified atom stereocenters. The van der Waals surface area contributed by atoms with Crippen molar-refractivity contribution < 1.29 is 9.16 Å². The molecule has 1 aromatic rings. The Morgan fingerprint density at radius 1 is 1.28 bits per heavy atom. The van der Waals surface area contributed by atoms with E-state index in [4.69, 9.17) is 20.8 Å². The normalized spacial score (nSPS) is 26.4. The second kappa shape index (κ2) is 8.69. The van der Waals surface area contributed by atoms with E-state index in [0.29, 0.717) is 23.2 Å². The molecule has 5 nitrogen and oxygen atoms in total. The fraction of sp³-hybridized carbons (Fsp3) is 0.778. The number of halogens is 1. The van der Waals surface area contributed by atoms with Crippen molar-refractivity contribution in [3.8, 4) is 5.88 Å². The molecular formula is C18H30ClN3O2Si. The number of hydrogen-bond donors (Lipinski definition) is 0. The highest BCUT2D eigenvalue weighted by atomic mass is 35.5. The first kappa shape index (κ1) is 18.9. The van der Waals surface area contributed by atoms with Gasteiger partial charge in [0.1, 0.15) is 11.8 Å².